The number of hydrogen-bond acceptors (Lipinski definition) is 6. The average Bonchev–Trinajstić information content (AvgIpc) is 3.54. The zero-order valence-electron chi connectivity index (χ0n) is 19.3. The van der Waals surface area contributed by atoms with E-state index in [9.17, 15) is 18.0 Å². The van der Waals surface area contributed by atoms with Gasteiger partial charge in [-0.1, -0.05) is 36.4 Å². The van der Waals surface area contributed by atoms with Gasteiger partial charge in [-0.3, -0.25) is 9.59 Å². The monoisotopic (exact) mass is 520 g/mol. The van der Waals surface area contributed by atoms with E-state index >= 15 is 0 Å². The number of carbonyl (C=O) groups is 2. The molecule has 0 aliphatic rings. The quantitative estimate of drug-likeness (QED) is 0.236. The number of hydrogen-bond donors (Lipinski definition) is 3. The molecule has 10 heteroatoms. The number of anilines is 2. The molecule has 0 unspecified atom stereocenters. The average molecular weight is 521 g/mol. The Morgan fingerprint density at radius 1 is 1.03 bits per heavy atom. The number of carbonyl (C=O) groups excluding carboxylic acids is 2. The van der Waals surface area contributed by atoms with Gasteiger partial charge in [0.05, 0.1) is 11.4 Å². The molecule has 36 heavy (non-hydrogen) atoms. The standard InChI is InChI=1S/C26H24N4O4S2/c1-18(31)28-16-19-6-9-21(10-7-19)24-11-13-26(35-24)36(33,34)30-15-14-20(17-30)8-12-25(32)29-23-5-3-2-4-22(23)27/h2-15,17H,16,27H2,1H3,(H,28,31)(H,29,32)/b12-8+. The molecule has 0 saturated carbocycles. The van der Waals surface area contributed by atoms with Crippen molar-refractivity contribution < 1.29 is 18.0 Å². The minimum Gasteiger partial charge on any atom is -0.397 e. The third-order valence-electron chi connectivity index (χ3n) is 5.23. The van der Waals surface area contributed by atoms with Gasteiger partial charge in [0.25, 0.3) is 10.0 Å². The van der Waals surface area contributed by atoms with Gasteiger partial charge >= 0.3 is 0 Å². The van der Waals surface area contributed by atoms with E-state index in [2.05, 4.69) is 10.6 Å². The summed E-state index contributed by atoms with van der Waals surface area (Å²) >= 11 is 1.17. The maximum atomic E-state index is 13.1. The lowest BCUT2D eigenvalue weighted by atomic mass is 10.1. The highest BCUT2D eigenvalue weighted by Crippen LogP contribution is 2.32. The molecule has 8 nitrogen and oxygen atoms in total. The molecule has 4 rings (SSSR count). The van der Waals surface area contributed by atoms with Gasteiger partial charge in [0, 0.05) is 36.8 Å². The predicted octanol–water partition coefficient (Wildman–Crippen LogP) is 4.32. The first-order valence-electron chi connectivity index (χ1n) is 10.9. The lowest BCUT2D eigenvalue weighted by Crippen LogP contribution is -2.18. The summed E-state index contributed by atoms with van der Waals surface area (Å²) in [5.41, 5.74) is 9.17. The van der Waals surface area contributed by atoms with E-state index in [-0.39, 0.29) is 16.0 Å². The van der Waals surface area contributed by atoms with Crippen LogP contribution in [0.3, 0.4) is 0 Å². The fourth-order valence-electron chi connectivity index (χ4n) is 3.33. The number of benzene rings is 2. The molecule has 4 aromatic rings. The molecule has 0 saturated heterocycles. The van der Waals surface area contributed by atoms with Crippen LogP contribution in [-0.4, -0.2) is 24.2 Å². The molecule has 0 fully saturated rings. The zero-order chi connectivity index (χ0) is 25.7. The van der Waals surface area contributed by atoms with E-state index in [0.717, 1.165) is 20.0 Å². The summed E-state index contributed by atoms with van der Waals surface area (Å²) in [5, 5.41) is 5.43. The number of nitrogens with zero attached hydrogens (tertiary/aromatic N) is 1. The largest absolute Gasteiger partial charge is 0.397 e. The first-order chi connectivity index (χ1) is 17.2. The molecule has 2 heterocycles. The maximum Gasteiger partial charge on any atom is 0.277 e. The minimum atomic E-state index is -3.79. The molecule has 0 atom stereocenters. The smallest absolute Gasteiger partial charge is 0.277 e. The van der Waals surface area contributed by atoms with Gasteiger partial charge < -0.3 is 16.4 Å². The van der Waals surface area contributed by atoms with Gasteiger partial charge in [0.1, 0.15) is 4.21 Å². The van der Waals surface area contributed by atoms with Crippen molar-refractivity contribution in [3.63, 3.8) is 0 Å². The van der Waals surface area contributed by atoms with E-state index in [1.807, 2.05) is 24.3 Å². The number of rotatable bonds is 8. The first kappa shape index (κ1) is 25.0. The molecule has 2 amide bonds. The van der Waals surface area contributed by atoms with Crippen LogP contribution in [0.4, 0.5) is 11.4 Å². The van der Waals surface area contributed by atoms with Crippen molar-refractivity contribution in [2.45, 2.75) is 17.7 Å². The van der Waals surface area contributed by atoms with Crippen molar-refractivity contribution in [2.75, 3.05) is 11.1 Å². The zero-order valence-corrected chi connectivity index (χ0v) is 21.0. The van der Waals surface area contributed by atoms with Crippen LogP contribution in [0.5, 0.6) is 0 Å². The summed E-state index contributed by atoms with van der Waals surface area (Å²) in [6.07, 6.45) is 5.74. The molecule has 2 aromatic heterocycles. The van der Waals surface area contributed by atoms with Crippen LogP contribution in [0.25, 0.3) is 16.5 Å². The highest BCUT2D eigenvalue weighted by molar-refractivity contribution is 7.92. The Hall–Kier alpha value is -4.15. The molecule has 0 aliphatic carbocycles. The first-order valence-corrected chi connectivity index (χ1v) is 13.2. The number of para-hydroxylation sites is 2. The van der Waals surface area contributed by atoms with Crippen LogP contribution >= 0.6 is 11.3 Å². The minimum absolute atomic E-state index is 0.100. The number of nitrogens with one attached hydrogen (secondary N) is 2. The summed E-state index contributed by atoms with van der Waals surface area (Å²) in [4.78, 5) is 24.1. The number of nitrogen functional groups attached to an aromatic ring is 1. The number of amides is 2. The van der Waals surface area contributed by atoms with Crippen molar-refractivity contribution in [2.24, 2.45) is 0 Å². The van der Waals surface area contributed by atoms with Crippen molar-refractivity contribution in [1.82, 2.24) is 9.29 Å². The van der Waals surface area contributed by atoms with E-state index in [4.69, 9.17) is 5.73 Å². The molecule has 4 N–H and O–H groups in total. The highest BCUT2D eigenvalue weighted by Gasteiger charge is 2.19. The van der Waals surface area contributed by atoms with Gasteiger partial charge in [-0.05, 0) is 53.1 Å². The predicted molar refractivity (Wildman–Crippen MR) is 143 cm³/mol. The molecular weight excluding hydrogens is 496 g/mol. The molecule has 184 valence electrons. The van der Waals surface area contributed by atoms with Gasteiger partial charge in [-0.25, -0.2) is 3.97 Å². The summed E-state index contributed by atoms with van der Waals surface area (Å²) in [7, 11) is -3.79. The molecule has 0 radical (unpaired) electrons. The summed E-state index contributed by atoms with van der Waals surface area (Å²) in [6, 6.07) is 19.4. The lowest BCUT2D eigenvalue weighted by molar-refractivity contribution is -0.119. The van der Waals surface area contributed by atoms with Crippen LogP contribution in [0.1, 0.15) is 18.1 Å². The number of aromatic nitrogens is 1. The van der Waals surface area contributed by atoms with Crippen molar-refractivity contribution in [3.8, 4) is 10.4 Å². The maximum absolute atomic E-state index is 13.1. The summed E-state index contributed by atoms with van der Waals surface area (Å²) in [5.74, 6) is -0.481. The normalized spacial score (nSPS) is 11.5. The van der Waals surface area contributed by atoms with Gasteiger partial charge in [0.15, 0.2) is 0 Å². The second kappa shape index (κ2) is 10.6. The Kier molecular flexibility index (Phi) is 7.37. The molecule has 0 bridgehead atoms. The number of thiophene rings is 1. The van der Waals surface area contributed by atoms with Crippen LogP contribution in [0.2, 0.25) is 0 Å². The Bertz CT molecular complexity index is 1530. The lowest BCUT2D eigenvalue weighted by Gasteiger charge is -2.04. The molecular formula is C26H24N4O4S2. The Balaban J connectivity index is 1.44. The highest BCUT2D eigenvalue weighted by atomic mass is 32.2. The van der Waals surface area contributed by atoms with Gasteiger partial charge in [0.2, 0.25) is 11.8 Å². The Morgan fingerprint density at radius 3 is 2.50 bits per heavy atom. The van der Waals surface area contributed by atoms with Crippen LogP contribution in [0.15, 0.2) is 89.4 Å². The SMILES string of the molecule is CC(=O)NCc1ccc(-c2ccc(S(=O)(=O)n3ccc(/C=C/C(=O)Nc4ccccc4N)c3)s2)cc1. The van der Waals surface area contributed by atoms with Crippen molar-refractivity contribution in [1.29, 1.82) is 0 Å². The van der Waals surface area contributed by atoms with E-state index in [0.29, 0.717) is 23.5 Å². The van der Waals surface area contributed by atoms with E-state index in [1.165, 1.54) is 42.8 Å². The third-order valence-corrected chi connectivity index (χ3v) is 8.47. The Morgan fingerprint density at radius 2 is 1.78 bits per heavy atom. The van der Waals surface area contributed by atoms with Crippen LogP contribution in [-0.2, 0) is 26.2 Å². The van der Waals surface area contributed by atoms with Crippen molar-refractivity contribution >= 4 is 50.6 Å². The number of nitrogens with two attached hydrogens (primary N) is 1. The topological polar surface area (TPSA) is 123 Å². The second-order valence-corrected chi connectivity index (χ2v) is 11.1. The van der Waals surface area contributed by atoms with Crippen LogP contribution in [0, 0.1) is 0 Å². The molecule has 2 aromatic carbocycles. The molecule has 0 aliphatic heterocycles. The fourth-order valence-corrected chi connectivity index (χ4v) is 5.95. The van der Waals surface area contributed by atoms with Gasteiger partial charge in [-0.2, -0.15) is 8.42 Å². The van der Waals surface area contributed by atoms with E-state index in [1.54, 1.807) is 42.5 Å². The van der Waals surface area contributed by atoms with E-state index < -0.39 is 10.0 Å². The fraction of sp³-hybridized carbons (Fsp3) is 0.0769. The molecule has 0 spiro atoms. The summed E-state index contributed by atoms with van der Waals surface area (Å²) in [6.45, 7) is 1.90. The third kappa shape index (κ3) is 5.91. The van der Waals surface area contributed by atoms with Gasteiger partial charge in [-0.15, -0.1) is 11.3 Å². The second-order valence-electron chi connectivity index (χ2n) is 7.91. The van der Waals surface area contributed by atoms with Crippen molar-refractivity contribution in [3.05, 3.63) is 96.3 Å². The Labute approximate surface area is 213 Å². The summed E-state index contributed by atoms with van der Waals surface area (Å²) < 4.78 is 27.6. The van der Waals surface area contributed by atoms with Crippen LogP contribution < -0.4 is 16.4 Å².